The summed E-state index contributed by atoms with van der Waals surface area (Å²) >= 11 is 0. The first kappa shape index (κ1) is 30.8. The molecule has 3 rings (SSSR count). The van der Waals surface area contributed by atoms with Crippen LogP contribution in [0.15, 0.2) is 66.9 Å². The summed E-state index contributed by atoms with van der Waals surface area (Å²) in [6.45, 7) is 3.82. The number of rotatable bonds is 15. The molecule has 1 aromatic heterocycles. The van der Waals surface area contributed by atoms with Crippen molar-refractivity contribution in [1.29, 1.82) is 0 Å². The number of nitrogens with two attached hydrogens (primary N) is 1. The molecule has 3 amide bonds. The number of hydrogen-bond donors (Lipinski definition) is 5. The fraction of sp³-hybridized carbons (Fsp3) is 0.300. The summed E-state index contributed by atoms with van der Waals surface area (Å²) in [5.41, 5.74) is 9.31. The smallest absolute Gasteiger partial charge is 0.248 e. The van der Waals surface area contributed by atoms with E-state index in [1.165, 1.54) is 6.08 Å². The Morgan fingerprint density at radius 2 is 1.80 bits per heavy atom. The number of likely N-dealkylation sites (N-methyl/N-ethyl adjacent to an activating group) is 1. The van der Waals surface area contributed by atoms with E-state index in [1.54, 1.807) is 36.5 Å². The Bertz CT molecular complexity index is 1360. The summed E-state index contributed by atoms with van der Waals surface area (Å²) in [6.07, 6.45) is 6.48. The number of carbonyl (C=O) groups excluding carboxylic acids is 3. The highest BCUT2D eigenvalue weighted by Crippen LogP contribution is 2.28. The highest BCUT2D eigenvalue weighted by Gasteiger charge is 2.11. The van der Waals surface area contributed by atoms with Crippen LogP contribution in [0.25, 0.3) is 11.1 Å². The van der Waals surface area contributed by atoms with Gasteiger partial charge in [0.2, 0.25) is 23.7 Å². The molecule has 3 aromatic rings. The molecule has 0 spiro atoms. The van der Waals surface area contributed by atoms with E-state index in [4.69, 9.17) is 10.7 Å². The van der Waals surface area contributed by atoms with Gasteiger partial charge in [-0.15, -0.1) is 0 Å². The van der Waals surface area contributed by atoms with E-state index in [-0.39, 0.29) is 18.4 Å². The molecule has 0 radical (unpaired) electrons. The zero-order valence-electron chi connectivity index (χ0n) is 23.7. The van der Waals surface area contributed by atoms with Gasteiger partial charge in [-0.25, -0.2) is 4.98 Å². The highest BCUT2D eigenvalue weighted by molar-refractivity contribution is 5.93. The van der Waals surface area contributed by atoms with Gasteiger partial charge in [-0.2, -0.15) is 4.98 Å². The average Bonchev–Trinajstić information content (AvgIpc) is 2.95. The maximum absolute atomic E-state index is 12.2. The van der Waals surface area contributed by atoms with Gasteiger partial charge in [-0.05, 0) is 62.3 Å². The Labute approximate surface area is 240 Å². The lowest BCUT2D eigenvalue weighted by Gasteiger charge is -2.14. The molecule has 2 aromatic carbocycles. The van der Waals surface area contributed by atoms with Crippen molar-refractivity contribution in [1.82, 2.24) is 25.5 Å². The minimum atomic E-state index is -0.486. The van der Waals surface area contributed by atoms with Crippen LogP contribution < -0.4 is 27.0 Å². The molecule has 0 unspecified atom stereocenters. The van der Waals surface area contributed by atoms with Crippen LogP contribution in [0.1, 0.15) is 29.3 Å². The molecule has 0 aliphatic carbocycles. The average molecular weight is 559 g/mol. The molecule has 1 heterocycles. The third kappa shape index (κ3) is 10.4. The van der Waals surface area contributed by atoms with Crippen molar-refractivity contribution in [3.63, 3.8) is 0 Å². The van der Waals surface area contributed by atoms with Crippen LogP contribution in [-0.2, 0) is 16.0 Å². The lowest BCUT2D eigenvalue weighted by molar-refractivity contribution is -0.123. The summed E-state index contributed by atoms with van der Waals surface area (Å²) in [5, 5.41) is 12.0. The predicted octanol–water partition coefficient (Wildman–Crippen LogP) is 2.70. The maximum atomic E-state index is 12.2. The molecule has 0 aliphatic heterocycles. The molecule has 0 bridgehead atoms. The third-order valence-corrected chi connectivity index (χ3v) is 5.89. The molecule has 0 fully saturated rings. The fourth-order valence-corrected chi connectivity index (χ4v) is 3.78. The lowest BCUT2D eigenvalue weighted by atomic mass is 10.0. The first-order valence-electron chi connectivity index (χ1n) is 13.5. The molecule has 216 valence electrons. The molecule has 6 N–H and O–H groups in total. The quantitative estimate of drug-likeness (QED) is 0.178. The molecule has 0 saturated heterocycles. The normalized spacial score (nSPS) is 10.9. The van der Waals surface area contributed by atoms with Gasteiger partial charge in [0.25, 0.3) is 0 Å². The van der Waals surface area contributed by atoms with Crippen molar-refractivity contribution in [2.45, 2.75) is 19.8 Å². The number of benzene rings is 2. The Morgan fingerprint density at radius 1 is 1.02 bits per heavy atom. The molecule has 0 atom stereocenters. The standard InChI is InChI=1S/C30H38N8O3/c1-4-15-33-29-25(19-35-30(37-29)36-24-12-10-22(11-13-24)28(31)41)23-8-5-7-21(18-23)14-16-32-27(40)20-34-26(39)9-6-17-38(2)3/h5-13,18-19H,4,14-17,20H2,1-3H3,(H2,31,41)(H,32,40)(H,34,39)(H2,33,35,36,37)/b9-6+. The minimum absolute atomic E-state index is 0.0787. The monoisotopic (exact) mass is 558 g/mol. The van der Waals surface area contributed by atoms with Crippen molar-refractivity contribution in [2.24, 2.45) is 5.73 Å². The number of anilines is 3. The number of hydrogen-bond acceptors (Lipinski definition) is 8. The summed E-state index contributed by atoms with van der Waals surface area (Å²) < 4.78 is 0. The Balaban J connectivity index is 1.61. The summed E-state index contributed by atoms with van der Waals surface area (Å²) in [7, 11) is 3.82. The SMILES string of the molecule is CCCNc1nc(Nc2ccc(C(N)=O)cc2)ncc1-c1cccc(CCNC(=O)CNC(=O)/C=C/CN(C)C)c1. The van der Waals surface area contributed by atoms with Crippen LogP contribution in [0.5, 0.6) is 0 Å². The van der Waals surface area contributed by atoms with E-state index < -0.39 is 5.91 Å². The fourth-order valence-electron chi connectivity index (χ4n) is 3.78. The van der Waals surface area contributed by atoms with Crippen molar-refractivity contribution in [2.75, 3.05) is 50.9 Å². The van der Waals surface area contributed by atoms with E-state index >= 15 is 0 Å². The largest absolute Gasteiger partial charge is 0.369 e. The molecular weight excluding hydrogens is 520 g/mol. The summed E-state index contributed by atoms with van der Waals surface area (Å²) in [5.74, 6) is 0.0758. The van der Waals surface area contributed by atoms with Gasteiger partial charge in [-0.1, -0.05) is 37.3 Å². The van der Waals surface area contributed by atoms with Crippen LogP contribution in [0, 0.1) is 0 Å². The van der Waals surface area contributed by atoms with Gasteiger partial charge in [0, 0.05) is 48.7 Å². The summed E-state index contributed by atoms with van der Waals surface area (Å²) in [4.78, 5) is 46.4. The Kier molecular flexibility index (Phi) is 11.8. The number of nitrogens with one attached hydrogen (secondary N) is 4. The van der Waals surface area contributed by atoms with Crippen molar-refractivity contribution < 1.29 is 14.4 Å². The Hall–Kier alpha value is -4.77. The van der Waals surface area contributed by atoms with Gasteiger partial charge in [-0.3, -0.25) is 14.4 Å². The first-order valence-corrected chi connectivity index (χ1v) is 13.5. The zero-order chi connectivity index (χ0) is 29.6. The molecule has 11 heteroatoms. The number of nitrogens with zero attached hydrogens (tertiary/aromatic N) is 3. The first-order chi connectivity index (χ1) is 19.7. The zero-order valence-corrected chi connectivity index (χ0v) is 23.7. The van der Waals surface area contributed by atoms with Crippen LogP contribution in [0.3, 0.4) is 0 Å². The van der Waals surface area contributed by atoms with E-state index in [1.807, 2.05) is 37.2 Å². The number of carbonyl (C=O) groups is 3. The number of aromatic nitrogens is 2. The van der Waals surface area contributed by atoms with E-state index in [0.717, 1.165) is 35.3 Å². The third-order valence-electron chi connectivity index (χ3n) is 5.89. The second-order valence-electron chi connectivity index (χ2n) is 9.63. The van der Waals surface area contributed by atoms with E-state index in [9.17, 15) is 14.4 Å². The van der Waals surface area contributed by atoms with Gasteiger partial charge >= 0.3 is 0 Å². The van der Waals surface area contributed by atoms with Crippen molar-refractivity contribution >= 4 is 35.2 Å². The number of primary amides is 1. The van der Waals surface area contributed by atoms with Gasteiger partial charge < -0.3 is 31.9 Å². The van der Waals surface area contributed by atoms with Crippen LogP contribution >= 0.6 is 0 Å². The second-order valence-corrected chi connectivity index (χ2v) is 9.63. The van der Waals surface area contributed by atoms with E-state index in [0.29, 0.717) is 36.8 Å². The Morgan fingerprint density at radius 3 is 2.51 bits per heavy atom. The molecular formula is C30H38N8O3. The number of amides is 3. The van der Waals surface area contributed by atoms with Crippen LogP contribution in [0.2, 0.25) is 0 Å². The van der Waals surface area contributed by atoms with Crippen LogP contribution in [0.4, 0.5) is 17.5 Å². The maximum Gasteiger partial charge on any atom is 0.248 e. The molecule has 11 nitrogen and oxygen atoms in total. The minimum Gasteiger partial charge on any atom is -0.369 e. The van der Waals surface area contributed by atoms with E-state index in [2.05, 4.69) is 39.2 Å². The molecule has 0 aliphatic rings. The summed E-state index contributed by atoms with van der Waals surface area (Å²) in [6, 6.07) is 14.8. The van der Waals surface area contributed by atoms with Gasteiger partial charge in [0.15, 0.2) is 0 Å². The van der Waals surface area contributed by atoms with Gasteiger partial charge in [0.1, 0.15) is 5.82 Å². The van der Waals surface area contributed by atoms with Crippen LogP contribution in [-0.4, -0.2) is 72.9 Å². The van der Waals surface area contributed by atoms with Gasteiger partial charge in [0.05, 0.1) is 6.54 Å². The highest BCUT2D eigenvalue weighted by atomic mass is 16.2. The van der Waals surface area contributed by atoms with Crippen molar-refractivity contribution in [3.8, 4) is 11.1 Å². The lowest BCUT2D eigenvalue weighted by Crippen LogP contribution is -2.37. The van der Waals surface area contributed by atoms with Crippen molar-refractivity contribution in [3.05, 3.63) is 78.0 Å². The molecule has 41 heavy (non-hydrogen) atoms. The topological polar surface area (TPSA) is 154 Å². The second kappa shape index (κ2) is 15.7. The predicted molar refractivity (Wildman–Crippen MR) is 162 cm³/mol. The molecule has 0 saturated carbocycles.